The van der Waals surface area contributed by atoms with Crippen molar-refractivity contribution in [3.63, 3.8) is 0 Å². The van der Waals surface area contributed by atoms with Gasteiger partial charge in [-0.2, -0.15) is 35.5 Å². The maximum Gasteiger partial charge on any atom is 0.0920 e. The van der Waals surface area contributed by atoms with Gasteiger partial charge in [-0.3, -0.25) is 0 Å². The molecule has 0 N–H and O–H groups in total. The Labute approximate surface area is 284 Å². The van der Waals surface area contributed by atoms with Crippen LogP contribution in [0.5, 0.6) is 0 Å². The molecule has 4 heteroatoms. The van der Waals surface area contributed by atoms with Crippen molar-refractivity contribution in [2.24, 2.45) is 0 Å². The van der Waals surface area contributed by atoms with Crippen LogP contribution in [0, 0.1) is 6.07 Å². The molecule has 0 amide bonds. The molecule has 1 heterocycles. The molecule has 6 aromatic rings. The molecule has 218 valence electrons. The summed E-state index contributed by atoms with van der Waals surface area (Å²) in [6, 6.07) is 47.2. The maximum atomic E-state index is 4.93. The molecule has 2 radical (unpaired) electrons. The fourth-order valence-electron chi connectivity index (χ4n) is 5.82. The van der Waals surface area contributed by atoms with E-state index in [-0.39, 0.29) is 5.41 Å². The standard InChI is InChI=1S/C28H29.C12H7Si.2ClH.Zr/c1-19(2)23-13-9-10-14-25(23)27-24(20-11-7-6-8-12-20)16-15-21-17-22(18-26(21)27)28(3,4)5;1-3-7-11-9(5-1)10-6-2-4-8-12(10)13-11;;;/h6-19H,1-5H3;1-7H;2*1H;/q2*-1;;;+4/p-2. The number of halogens is 2. The summed E-state index contributed by atoms with van der Waals surface area (Å²) in [5.74, 6) is 0.479. The molecule has 0 aromatic heterocycles. The monoisotopic (exact) mass is 704 g/mol. The summed E-state index contributed by atoms with van der Waals surface area (Å²) in [4.78, 5) is 0. The topological polar surface area (TPSA) is 0 Å². The first-order chi connectivity index (χ1) is 21.2. The minimum absolute atomic E-state index is 0.140. The van der Waals surface area contributed by atoms with Gasteiger partial charge in [-0.15, -0.1) is 34.0 Å². The summed E-state index contributed by atoms with van der Waals surface area (Å²) in [5, 5.41) is 5.51. The van der Waals surface area contributed by atoms with Gasteiger partial charge in [0.2, 0.25) is 0 Å². The fraction of sp³-hybridized carbons (Fsp3) is 0.175. The van der Waals surface area contributed by atoms with Crippen molar-refractivity contribution in [1.29, 1.82) is 0 Å². The van der Waals surface area contributed by atoms with Crippen LogP contribution in [0.1, 0.15) is 51.7 Å². The van der Waals surface area contributed by atoms with Crippen LogP contribution in [0.2, 0.25) is 0 Å². The zero-order valence-electron chi connectivity index (χ0n) is 25.9. The molecule has 0 fully saturated rings. The van der Waals surface area contributed by atoms with Gasteiger partial charge in [0.05, 0.1) is 9.52 Å². The molecule has 0 saturated carbocycles. The third-order valence-electron chi connectivity index (χ3n) is 8.03. The normalized spacial score (nSPS) is 11.5. The number of hydrogen-bond donors (Lipinski definition) is 0. The van der Waals surface area contributed by atoms with E-state index in [1.165, 1.54) is 65.7 Å². The van der Waals surface area contributed by atoms with E-state index in [0.717, 1.165) is 9.52 Å². The van der Waals surface area contributed by atoms with E-state index in [1.807, 2.05) is 6.07 Å². The van der Waals surface area contributed by atoms with Gasteiger partial charge < -0.3 is 0 Å². The molecule has 0 atom stereocenters. The Bertz CT molecular complexity index is 1800. The quantitative estimate of drug-likeness (QED) is 0.127. The average molecular weight is 707 g/mol. The van der Waals surface area contributed by atoms with Crippen LogP contribution in [0.15, 0.2) is 121 Å². The summed E-state index contributed by atoms with van der Waals surface area (Å²) in [6.07, 6.45) is 0. The smallest absolute Gasteiger partial charge is 0.0920 e. The van der Waals surface area contributed by atoms with Gasteiger partial charge in [0.1, 0.15) is 0 Å². The molecule has 0 unspecified atom stereocenters. The molecule has 0 saturated heterocycles. The zero-order chi connectivity index (χ0) is 31.3. The van der Waals surface area contributed by atoms with E-state index < -0.39 is 20.8 Å². The molecule has 7 rings (SSSR count). The van der Waals surface area contributed by atoms with E-state index in [4.69, 9.17) is 17.0 Å². The van der Waals surface area contributed by atoms with Crippen molar-refractivity contribution >= 4 is 47.7 Å². The van der Waals surface area contributed by atoms with E-state index >= 15 is 0 Å². The van der Waals surface area contributed by atoms with Crippen molar-refractivity contribution in [1.82, 2.24) is 0 Å². The van der Waals surface area contributed by atoms with Crippen LogP contribution in [-0.4, -0.2) is 9.52 Å². The van der Waals surface area contributed by atoms with Crippen LogP contribution < -0.4 is 10.4 Å². The number of fused-ring (bicyclic) bond motifs is 4. The molecule has 6 aromatic carbocycles. The molecule has 0 bridgehead atoms. The van der Waals surface area contributed by atoms with Gasteiger partial charge in [0.25, 0.3) is 0 Å². The summed E-state index contributed by atoms with van der Waals surface area (Å²) in [7, 11) is 10.7. The van der Waals surface area contributed by atoms with Gasteiger partial charge in [0.15, 0.2) is 0 Å². The van der Waals surface area contributed by atoms with Crippen LogP contribution in [0.25, 0.3) is 44.2 Å². The Morgan fingerprint density at radius 3 is 2.07 bits per heavy atom. The second-order valence-corrected chi connectivity index (χ2v) is 17.3. The van der Waals surface area contributed by atoms with E-state index in [2.05, 4.69) is 156 Å². The molecule has 44 heavy (non-hydrogen) atoms. The predicted octanol–water partition coefficient (Wildman–Crippen LogP) is 10.8. The SMILES string of the molecule is CC(C)c1ccccc1-c1c(-c2ccccc2)ccc2[cH-]c(C(C)(C)C)cc12.[Cl][Zr+2][Cl].[c-]1cccc2c1[Si]c1ccccc1-2. The fourth-order valence-corrected chi connectivity index (χ4v) is 7.13. The zero-order valence-corrected chi connectivity index (χ0v) is 30.9. The second-order valence-electron chi connectivity index (χ2n) is 12.3. The molecule has 0 aliphatic carbocycles. The van der Waals surface area contributed by atoms with Gasteiger partial charge in [-0.25, -0.2) is 0 Å². The Morgan fingerprint density at radius 2 is 1.36 bits per heavy atom. The minimum atomic E-state index is -0.826. The molecule has 0 spiro atoms. The second kappa shape index (κ2) is 14.7. The Balaban J connectivity index is 0.000000198. The van der Waals surface area contributed by atoms with E-state index in [0.29, 0.717) is 5.92 Å². The summed E-state index contributed by atoms with van der Waals surface area (Å²) >= 11 is -0.826. The Kier molecular flexibility index (Phi) is 10.9. The Hall–Kier alpha value is -2.61. The van der Waals surface area contributed by atoms with Gasteiger partial charge >= 0.3 is 37.9 Å². The molecule has 1 aliphatic rings. The third-order valence-corrected chi connectivity index (χ3v) is 9.40. The molecular formula is C40H36Cl2SiZr. The first-order valence-corrected chi connectivity index (χ1v) is 22.3. The largest absolute Gasteiger partial charge is 0.184 e. The van der Waals surface area contributed by atoms with Gasteiger partial charge in [0, 0.05) is 0 Å². The number of rotatable bonds is 3. The molecule has 0 nitrogen and oxygen atoms in total. The van der Waals surface area contributed by atoms with Crippen molar-refractivity contribution in [3.05, 3.63) is 139 Å². The maximum absolute atomic E-state index is 4.93. The average Bonchev–Trinajstić information content (AvgIpc) is 3.64. The van der Waals surface area contributed by atoms with Crippen molar-refractivity contribution in [2.75, 3.05) is 0 Å². The van der Waals surface area contributed by atoms with Crippen LogP contribution in [0.3, 0.4) is 0 Å². The van der Waals surface area contributed by atoms with E-state index in [9.17, 15) is 0 Å². The van der Waals surface area contributed by atoms with Gasteiger partial charge in [-0.1, -0.05) is 136 Å². The minimum Gasteiger partial charge on any atom is -0.184 e. The van der Waals surface area contributed by atoms with Crippen molar-refractivity contribution in [2.45, 2.75) is 46.0 Å². The summed E-state index contributed by atoms with van der Waals surface area (Å²) in [5.41, 5.74) is 11.0. The van der Waals surface area contributed by atoms with Crippen LogP contribution >= 0.6 is 17.0 Å². The summed E-state index contributed by atoms with van der Waals surface area (Å²) < 4.78 is 0. The summed E-state index contributed by atoms with van der Waals surface area (Å²) in [6.45, 7) is 11.4. The van der Waals surface area contributed by atoms with Crippen molar-refractivity contribution < 1.29 is 20.8 Å². The number of benzene rings is 5. The first kappa shape index (κ1) is 32.8. The van der Waals surface area contributed by atoms with Crippen molar-refractivity contribution in [3.8, 4) is 33.4 Å². The first-order valence-electron chi connectivity index (χ1n) is 14.9. The molecular weight excluding hydrogens is 671 g/mol. The van der Waals surface area contributed by atoms with E-state index in [1.54, 1.807) is 0 Å². The predicted molar refractivity (Wildman–Crippen MR) is 191 cm³/mol. The Morgan fingerprint density at radius 1 is 0.727 bits per heavy atom. The number of hydrogen-bond acceptors (Lipinski definition) is 0. The van der Waals surface area contributed by atoms with Crippen LogP contribution in [0.4, 0.5) is 0 Å². The van der Waals surface area contributed by atoms with Gasteiger partial charge in [-0.05, 0) is 33.6 Å². The van der Waals surface area contributed by atoms with Crippen LogP contribution in [-0.2, 0) is 26.3 Å². The molecule has 1 aliphatic heterocycles. The third kappa shape index (κ3) is 7.27.